The van der Waals surface area contributed by atoms with Crippen LogP contribution in [0.15, 0.2) is 110 Å². The molecule has 5 rings (SSSR count). The molecule has 0 unspecified atom stereocenters. The summed E-state index contributed by atoms with van der Waals surface area (Å²) in [6.07, 6.45) is 4.92. The standard InChI is InChI=1S/C37H46N4O4/c1-26(36(41-37(42)43-3)35(29-14-6-4-7-15-29)30-16-8-5-9-17-30)39-34-20-11-10-13-28(34)21-22-33-23-38-32(25-45-33)24-44-27(2)40-31-18-12-19-31/h4-11,13-17,20,31-33,35-36,38-40H,1-2,12,18-19,21-25H2,3H3,(H,41,42)/t32-,33-,36-/m1/s1. The van der Waals surface area contributed by atoms with E-state index in [9.17, 15) is 4.79 Å². The zero-order valence-electron chi connectivity index (χ0n) is 26.2. The zero-order chi connectivity index (χ0) is 31.4. The van der Waals surface area contributed by atoms with E-state index in [1.54, 1.807) is 0 Å². The van der Waals surface area contributed by atoms with Crippen molar-refractivity contribution < 1.29 is 19.0 Å². The predicted octanol–water partition coefficient (Wildman–Crippen LogP) is 6.09. The molecule has 3 aromatic carbocycles. The van der Waals surface area contributed by atoms with Crippen LogP contribution in [0.4, 0.5) is 10.5 Å². The fourth-order valence-electron chi connectivity index (χ4n) is 5.87. The van der Waals surface area contributed by atoms with Crippen molar-refractivity contribution in [1.82, 2.24) is 16.0 Å². The first-order valence-electron chi connectivity index (χ1n) is 15.9. The van der Waals surface area contributed by atoms with Crippen LogP contribution in [0.3, 0.4) is 0 Å². The van der Waals surface area contributed by atoms with Gasteiger partial charge in [-0.25, -0.2) is 4.79 Å². The molecule has 1 aliphatic carbocycles. The van der Waals surface area contributed by atoms with E-state index in [4.69, 9.17) is 14.2 Å². The van der Waals surface area contributed by atoms with Gasteiger partial charge in [-0.3, -0.25) is 0 Å². The first-order chi connectivity index (χ1) is 22.0. The van der Waals surface area contributed by atoms with Gasteiger partial charge in [0.2, 0.25) is 0 Å². The Hall–Kier alpha value is -4.27. The predicted molar refractivity (Wildman–Crippen MR) is 179 cm³/mol. The average molecular weight is 611 g/mol. The van der Waals surface area contributed by atoms with E-state index >= 15 is 0 Å². The number of ether oxygens (including phenoxy) is 3. The lowest BCUT2D eigenvalue weighted by atomic mass is 9.83. The Bertz CT molecular complexity index is 1350. The van der Waals surface area contributed by atoms with Crippen molar-refractivity contribution >= 4 is 11.8 Å². The molecule has 3 atom stereocenters. The number of methoxy groups -OCH3 is 1. The number of anilines is 1. The molecule has 1 saturated heterocycles. The van der Waals surface area contributed by atoms with Gasteiger partial charge in [0.25, 0.3) is 0 Å². The van der Waals surface area contributed by atoms with Crippen molar-refractivity contribution in [2.45, 2.75) is 62.3 Å². The highest BCUT2D eigenvalue weighted by molar-refractivity contribution is 5.69. The van der Waals surface area contributed by atoms with Crippen LogP contribution in [0.5, 0.6) is 0 Å². The Labute approximate surface area is 267 Å². The number of alkyl carbamates (subject to hydrolysis) is 1. The minimum atomic E-state index is -0.516. The summed E-state index contributed by atoms with van der Waals surface area (Å²) in [6.45, 7) is 10.3. The molecule has 4 N–H and O–H groups in total. The third-order valence-corrected chi connectivity index (χ3v) is 8.63. The lowest BCUT2D eigenvalue weighted by molar-refractivity contribution is -0.0171. The van der Waals surface area contributed by atoms with Crippen LogP contribution in [0.2, 0.25) is 0 Å². The Morgan fingerprint density at radius 1 is 0.978 bits per heavy atom. The molecule has 1 heterocycles. The zero-order valence-corrected chi connectivity index (χ0v) is 26.2. The van der Waals surface area contributed by atoms with Crippen LogP contribution in [0, 0.1) is 0 Å². The van der Waals surface area contributed by atoms with Crippen molar-refractivity contribution in [3.63, 3.8) is 0 Å². The number of carbonyl (C=O) groups is 1. The Morgan fingerprint density at radius 3 is 2.24 bits per heavy atom. The molecule has 0 spiro atoms. The molecule has 0 aromatic heterocycles. The van der Waals surface area contributed by atoms with Gasteiger partial charge in [-0.05, 0) is 61.4 Å². The summed E-state index contributed by atoms with van der Waals surface area (Å²) < 4.78 is 17.1. The topological polar surface area (TPSA) is 92.9 Å². The van der Waals surface area contributed by atoms with E-state index in [1.807, 2.05) is 54.6 Å². The van der Waals surface area contributed by atoms with E-state index in [-0.39, 0.29) is 18.1 Å². The molecule has 1 amide bonds. The van der Waals surface area contributed by atoms with E-state index in [0.717, 1.165) is 41.8 Å². The number of carbonyl (C=O) groups excluding carboxylic acids is 1. The molecular formula is C37H46N4O4. The minimum Gasteiger partial charge on any atom is -0.478 e. The first-order valence-corrected chi connectivity index (χ1v) is 15.9. The maximum Gasteiger partial charge on any atom is 0.407 e. The number of aryl methyl sites for hydroxylation is 1. The molecule has 3 aromatic rings. The molecule has 0 radical (unpaired) electrons. The lowest BCUT2D eigenvalue weighted by Crippen LogP contribution is -2.49. The van der Waals surface area contributed by atoms with Crippen molar-refractivity contribution in [1.29, 1.82) is 0 Å². The van der Waals surface area contributed by atoms with Gasteiger partial charge in [0.15, 0.2) is 5.88 Å². The maximum atomic E-state index is 12.6. The highest BCUT2D eigenvalue weighted by Gasteiger charge is 2.30. The Kier molecular flexibility index (Phi) is 11.5. The molecular weight excluding hydrogens is 564 g/mol. The van der Waals surface area contributed by atoms with Crippen molar-refractivity contribution in [3.8, 4) is 0 Å². The molecule has 1 aliphatic heterocycles. The van der Waals surface area contributed by atoms with Crippen molar-refractivity contribution in [2.24, 2.45) is 0 Å². The van der Waals surface area contributed by atoms with Gasteiger partial charge >= 0.3 is 6.09 Å². The third kappa shape index (κ3) is 9.12. The highest BCUT2D eigenvalue weighted by atomic mass is 16.5. The van der Waals surface area contributed by atoms with Gasteiger partial charge in [0.05, 0.1) is 31.9 Å². The van der Waals surface area contributed by atoms with Gasteiger partial charge in [0.1, 0.15) is 6.61 Å². The second-order valence-electron chi connectivity index (χ2n) is 11.8. The summed E-state index contributed by atoms with van der Waals surface area (Å²) in [4.78, 5) is 12.6. The van der Waals surface area contributed by atoms with Crippen LogP contribution in [-0.2, 0) is 20.6 Å². The van der Waals surface area contributed by atoms with Crippen LogP contribution < -0.4 is 21.3 Å². The number of benzene rings is 3. The lowest BCUT2D eigenvalue weighted by Gasteiger charge is -2.32. The smallest absolute Gasteiger partial charge is 0.407 e. The van der Waals surface area contributed by atoms with Gasteiger partial charge in [-0.2, -0.15) is 0 Å². The molecule has 238 valence electrons. The van der Waals surface area contributed by atoms with Crippen LogP contribution in [-0.4, -0.2) is 57.2 Å². The van der Waals surface area contributed by atoms with Crippen molar-refractivity contribution in [2.75, 3.05) is 32.2 Å². The largest absolute Gasteiger partial charge is 0.478 e. The fraction of sp³-hybridized carbons (Fsp3) is 0.378. The fourth-order valence-corrected chi connectivity index (χ4v) is 5.87. The molecule has 2 fully saturated rings. The Morgan fingerprint density at radius 2 is 1.64 bits per heavy atom. The summed E-state index contributed by atoms with van der Waals surface area (Å²) in [6, 6.07) is 28.7. The summed E-state index contributed by atoms with van der Waals surface area (Å²) in [5.41, 5.74) is 4.89. The second-order valence-corrected chi connectivity index (χ2v) is 11.8. The molecule has 1 saturated carbocycles. The number of para-hydroxylation sites is 1. The van der Waals surface area contributed by atoms with Gasteiger partial charge in [0, 0.05) is 29.9 Å². The molecule has 8 nitrogen and oxygen atoms in total. The number of hydrogen-bond acceptors (Lipinski definition) is 7. The number of hydrogen-bond donors (Lipinski definition) is 4. The number of morpholine rings is 1. The van der Waals surface area contributed by atoms with E-state index in [2.05, 4.69) is 64.8 Å². The summed E-state index contributed by atoms with van der Waals surface area (Å²) in [5, 5.41) is 13.5. The number of rotatable bonds is 15. The normalized spacial score (nSPS) is 18.7. The average Bonchev–Trinajstić information content (AvgIpc) is 3.06. The quantitative estimate of drug-likeness (QED) is 0.155. The molecule has 2 aliphatic rings. The van der Waals surface area contributed by atoms with E-state index in [0.29, 0.717) is 30.8 Å². The Balaban J connectivity index is 1.21. The van der Waals surface area contributed by atoms with Gasteiger partial charge in [-0.1, -0.05) is 85.4 Å². The third-order valence-electron chi connectivity index (χ3n) is 8.63. The van der Waals surface area contributed by atoms with Crippen molar-refractivity contribution in [3.05, 3.63) is 126 Å². The molecule has 8 heteroatoms. The number of amides is 1. The summed E-state index contributed by atoms with van der Waals surface area (Å²) in [5.74, 6) is 0.459. The van der Waals surface area contributed by atoms with Crippen LogP contribution in [0.1, 0.15) is 48.3 Å². The van der Waals surface area contributed by atoms with Gasteiger partial charge in [-0.15, -0.1) is 0 Å². The molecule has 45 heavy (non-hydrogen) atoms. The van der Waals surface area contributed by atoms with Gasteiger partial charge < -0.3 is 35.5 Å². The SMILES string of the molecule is C=C(NC1CCC1)OC[C@@H]1CO[C@H](CCc2ccccc2NC(=C)[C@@H](NC(=O)OC)C(c2ccccc2)c2ccccc2)CN1. The molecule has 0 bridgehead atoms. The summed E-state index contributed by atoms with van der Waals surface area (Å²) >= 11 is 0. The minimum absolute atomic E-state index is 0.100. The van der Waals surface area contributed by atoms with Crippen LogP contribution in [0.25, 0.3) is 0 Å². The highest BCUT2D eigenvalue weighted by Crippen LogP contribution is 2.32. The monoisotopic (exact) mass is 610 g/mol. The summed E-state index contributed by atoms with van der Waals surface area (Å²) in [7, 11) is 1.37. The number of nitrogens with one attached hydrogen (secondary N) is 4. The second kappa shape index (κ2) is 16.2. The van der Waals surface area contributed by atoms with E-state index < -0.39 is 12.1 Å². The maximum absolute atomic E-state index is 12.6. The van der Waals surface area contributed by atoms with Crippen LogP contribution >= 0.6 is 0 Å². The van der Waals surface area contributed by atoms with E-state index in [1.165, 1.54) is 26.4 Å². The first kappa shape index (κ1) is 32.1.